The van der Waals surface area contributed by atoms with Crippen molar-refractivity contribution in [2.24, 2.45) is 57.7 Å². The van der Waals surface area contributed by atoms with E-state index < -0.39 is 0 Å². The summed E-state index contributed by atoms with van der Waals surface area (Å²) in [7, 11) is 0. The summed E-state index contributed by atoms with van der Waals surface area (Å²) in [5, 5.41) is 0. The van der Waals surface area contributed by atoms with E-state index in [2.05, 4.69) is 170 Å². The first-order chi connectivity index (χ1) is 17.9. The van der Waals surface area contributed by atoms with Gasteiger partial charge < -0.3 is 0 Å². The molecule has 0 radical (unpaired) electrons. The Morgan fingerprint density at radius 3 is 0.732 bits per heavy atom. The average Bonchev–Trinajstić information content (AvgIpc) is 2.62. The van der Waals surface area contributed by atoms with Crippen molar-refractivity contribution in [1.29, 1.82) is 0 Å². The predicted molar refractivity (Wildman–Crippen MR) is 198 cm³/mol. The minimum Gasteiger partial charge on any atom is -0.120 e. The molecule has 0 saturated heterocycles. The van der Waals surface area contributed by atoms with Crippen LogP contribution < -0.4 is 0 Å². The summed E-state index contributed by atoms with van der Waals surface area (Å²) in [6.45, 7) is 52.8. The molecule has 41 heavy (non-hydrogen) atoms. The summed E-state index contributed by atoms with van der Waals surface area (Å²) in [6, 6.07) is 0. The zero-order valence-electron chi connectivity index (χ0n) is 33.7. The Balaban J connectivity index is -0.0000000908. The Morgan fingerprint density at radius 2 is 0.707 bits per heavy atom. The van der Waals surface area contributed by atoms with Crippen LogP contribution in [0.15, 0.2) is 0 Å². The van der Waals surface area contributed by atoms with Crippen LogP contribution in [0, 0.1) is 81.9 Å². The Hall–Kier alpha value is -0.880. The van der Waals surface area contributed by atoms with Gasteiger partial charge in [-0.15, -0.1) is 12.3 Å². The molecule has 0 heterocycles. The van der Waals surface area contributed by atoms with Crippen molar-refractivity contribution < 1.29 is 0 Å². The lowest BCUT2D eigenvalue weighted by Crippen LogP contribution is -2.08. The first-order valence-corrected chi connectivity index (χ1v) is 16.8. The van der Waals surface area contributed by atoms with Gasteiger partial charge in [0.1, 0.15) is 0 Å². The first kappa shape index (κ1) is 52.7. The molecule has 0 saturated carbocycles. The van der Waals surface area contributed by atoms with Crippen molar-refractivity contribution in [1.82, 2.24) is 0 Å². The van der Waals surface area contributed by atoms with Gasteiger partial charge in [-0.3, -0.25) is 0 Å². The number of terminal acetylenes is 1. The largest absolute Gasteiger partial charge is 0.120 e. The van der Waals surface area contributed by atoms with E-state index in [1.54, 1.807) is 0 Å². The molecule has 0 N–H and O–H groups in total. The molecule has 0 nitrogen and oxygen atoms in total. The van der Waals surface area contributed by atoms with Gasteiger partial charge in [0.2, 0.25) is 0 Å². The fourth-order valence-corrected chi connectivity index (χ4v) is 3.47. The highest BCUT2D eigenvalue weighted by Gasteiger charge is 2.11. The van der Waals surface area contributed by atoms with Crippen molar-refractivity contribution in [2.45, 2.75) is 185 Å². The predicted octanol–water partition coefficient (Wildman–Crippen LogP) is 14.5. The molecule has 0 amide bonds. The summed E-state index contributed by atoms with van der Waals surface area (Å²) < 4.78 is 0. The Morgan fingerprint density at radius 1 is 0.463 bits per heavy atom. The van der Waals surface area contributed by atoms with E-state index in [1.807, 2.05) is 13.8 Å². The zero-order chi connectivity index (χ0) is 34.8. The fraction of sp³-hybridized carbons (Fsp3) is 0.902. The summed E-state index contributed by atoms with van der Waals surface area (Å²) >= 11 is 0. The van der Waals surface area contributed by atoms with Crippen LogP contribution in [-0.2, 0) is 0 Å². The zero-order valence-corrected chi connectivity index (χ0v) is 33.7. The molecule has 0 aromatic rings. The van der Waals surface area contributed by atoms with Gasteiger partial charge >= 0.3 is 0 Å². The van der Waals surface area contributed by atoms with Gasteiger partial charge in [-0.1, -0.05) is 157 Å². The van der Waals surface area contributed by atoms with Crippen LogP contribution in [0.25, 0.3) is 0 Å². The van der Waals surface area contributed by atoms with Crippen molar-refractivity contribution in [3.05, 3.63) is 0 Å². The van der Waals surface area contributed by atoms with E-state index >= 15 is 0 Å². The van der Waals surface area contributed by atoms with Gasteiger partial charge in [-0.2, -0.15) is 0 Å². The normalized spacial score (nSPS) is 11.1. The molecular weight excluding hydrogens is 492 g/mol. The van der Waals surface area contributed by atoms with Gasteiger partial charge in [0.25, 0.3) is 0 Å². The number of rotatable bonds is 5. The highest BCUT2D eigenvalue weighted by Crippen LogP contribution is 2.23. The summed E-state index contributed by atoms with van der Waals surface area (Å²) in [5.41, 5.74) is 1.19. The molecule has 0 aliphatic heterocycles. The van der Waals surface area contributed by atoms with Crippen molar-refractivity contribution in [3.63, 3.8) is 0 Å². The van der Waals surface area contributed by atoms with Crippen molar-refractivity contribution >= 4 is 0 Å². The van der Waals surface area contributed by atoms with E-state index in [1.165, 1.54) is 19.3 Å². The molecule has 0 aliphatic rings. The Labute approximate surface area is 266 Å². The molecule has 0 unspecified atom stereocenters. The van der Waals surface area contributed by atoms with Crippen LogP contribution in [0.1, 0.15) is 185 Å². The van der Waals surface area contributed by atoms with Crippen LogP contribution in [0.3, 0.4) is 0 Å². The SMILES string of the molecule is C#CC(C)C.CC(C)(C)C.CC(C)C#CC(C)(C)C.CC(C)CC(C)(C)C.CC(C)CC(C)C.CC(C)CC(C)C. The quantitative estimate of drug-likeness (QED) is 0.285. The molecule has 250 valence electrons. The molecule has 0 bridgehead atoms. The number of hydrogen-bond acceptors (Lipinski definition) is 0. The molecule has 0 aromatic heterocycles. The lowest BCUT2D eigenvalue weighted by Gasteiger charge is -2.19. The molecule has 0 atom stereocenters. The summed E-state index contributed by atoms with van der Waals surface area (Å²) in [5.74, 6) is 14.1. The first-order valence-electron chi connectivity index (χ1n) is 16.8. The van der Waals surface area contributed by atoms with E-state index in [0.29, 0.717) is 22.7 Å². The summed E-state index contributed by atoms with van der Waals surface area (Å²) in [4.78, 5) is 0. The van der Waals surface area contributed by atoms with E-state index in [0.717, 1.165) is 29.6 Å². The lowest BCUT2D eigenvalue weighted by atomic mass is 9.86. The standard InChI is InChI=1S/C9H16.C8H18.2C7H16.C5H12.C5H8/c1-8(2)6-7-9(3,4)5;1-7(2)6-8(3,4)5;2*1-6(2)5-7(3)4;1-5(2,3)4;1-4-5(2)3/h8H,1-5H3;7H,6H2,1-5H3;2*6-7H,5H2,1-4H3;1-4H3;1,5H,2-3H3. The fourth-order valence-electron chi connectivity index (χ4n) is 3.47. The summed E-state index contributed by atoms with van der Waals surface area (Å²) in [6.07, 6.45) is 8.97. The molecule has 0 aliphatic carbocycles. The second kappa shape index (κ2) is 29.2. The van der Waals surface area contributed by atoms with Crippen LogP contribution in [0.5, 0.6) is 0 Å². The maximum Gasteiger partial charge on any atom is 0.0230 e. The lowest BCUT2D eigenvalue weighted by molar-refractivity contribution is 0.320. The maximum atomic E-state index is 4.92. The maximum absolute atomic E-state index is 4.92. The number of hydrogen-bond donors (Lipinski definition) is 0. The topological polar surface area (TPSA) is 0 Å². The third-order valence-electron chi connectivity index (χ3n) is 3.98. The minimum absolute atomic E-state index is 0.171. The third kappa shape index (κ3) is 133. The molecule has 0 rings (SSSR count). The molecule has 0 aromatic carbocycles. The highest BCUT2D eigenvalue weighted by molar-refractivity contribution is 5.08. The highest BCUT2D eigenvalue weighted by atomic mass is 14.2. The third-order valence-corrected chi connectivity index (χ3v) is 3.98. The molecule has 0 heteroatoms. The van der Waals surface area contributed by atoms with Gasteiger partial charge in [-0.05, 0) is 80.5 Å². The van der Waals surface area contributed by atoms with Crippen molar-refractivity contribution in [2.75, 3.05) is 0 Å². The van der Waals surface area contributed by atoms with Crippen LogP contribution in [-0.4, -0.2) is 0 Å². The van der Waals surface area contributed by atoms with Crippen LogP contribution in [0.4, 0.5) is 0 Å². The average molecular weight is 579 g/mol. The molecular formula is C41H86. The Bertz CT molecular complexity index is 567. The van der Waals surface area contributed by atoms with E-state index in [4.69, 9.17) is 6.42 Å². The van der Waals surface area contributed by atoms with Crippen LogP contribution in [0.2, 0.25) is 0 Å². The second-order valence-electron chi connectivity index (χ2n) is 18.2. The Kier molecular flexibility index (Phi) is 37.6. The van der Waals surface area contributed by atoms with Gasteiger partial charge in [0.15, 0.2) is 0 Å². The minimum atomic E-state index is 0.171. The van der Waals surface area contributed by atoms with E-state index in [-0.39, 0.29) is 5.41 Å². The van der Waals surface area contributed by atoms with Crippen LogP contribution >= 0.6 is 0 Å². The van der Waals surface area contributed by atoms with Crippen molar-refractivity contribution in [3.8, 4) is 24.2 Å². The second-order valence-corrected chi connectivity index (χ2v) is 18.2. The van der Waals surface area contributed by atoms with Gasteiger partial charge in [-0.25, -0.2) is 0 Å². The molecule has 0 fully saturated rings. The molecule has 0 spiro atoms. The smallest absolute Gasteiger partial charge is 0.0230 e. The van der Waals surface area contributed by atoms with Gasteiger partial charge in [0.05, 0.1) is 0 Å². The monoisotopic (exact) mass is 579 g/mol. The van der Waals surface area contributed by atoms with E-state index in [9.17, 15) is 0 Å². The van der Waals surface area contributed by atoms with Gasteiger partial charge in [0, 0.05) is 17.3 Å².